The first-order valence-electron chi connectivity index (χ1n) is 15.3. The number of carbonyl (C=O) groups is 2. The lowest BCUT2D eigenvalue weighted by atomic mass is 9.87. The van der Waals surface area contributed by atoms with E-state index in [4.69, 9.17) is 11.6 Å². The smallest absolute Gasteiger partial charge is 0.227 e. The van der Waals surface area contributed by atoms with E-state index in [1.54, 1.807) is 18.2 Å². The van der Waals surface area contributed by atoms with Crippen molar-refractivity contribution in [1.29, 1.82) is 0 Å². The van der Waals surface area contributed by atoms with E-state index >= 15 is 4.39 Å². The van der Waals surface area contributed by atoms with Crippen LogP contribution in [-0.4, -0.2) is 92.5 Å². The van der Waals surface area contributed by atoms with Crippen LogP contribution in [0.4, 0.5) is 14.5 Å². The number of hydrogen-bond donors (Lipinski definition) is 1. The van der Waals surface area contributed by atoms with Gasteiger partial charge in [-0.25, -0.2) is 8.78 Å². The number of nitrogens with one attached hydrogen (secondary N) is 1. The summed E-state index contributed by atoms with van der Waals surface area (Å²) in [4.78, 5) is 34.8. The van der Waals surface area contributed by atoms with Gasteiger partial charge in [-0.2, -0.15) is 0 Å². The summed E-state index contributed by atoms with van der Waals surface area (Å²) in [6.07, 6.45) is 0.363. The Morgan fingerprint density at radius 1 is 1.00 bits per heavy atom. The average Bonchev–Trinajstić information content (AvgIpc) is 3.42. The number of nitrogens with zero attached hydrogens (tertiary/aromatic N) is 4. The number of hydrogen-bond acceptors (Lipinski definition) is 5. The third-order valence-corrected chi connectivity index (χ3v) is 9.09. The Hall–Kier alpha value is -2.75. The molecule has 2 aromatic carbocycles. The zero-order chi connectivity index (χ0) is 31.4. The maximum absolute atomic E-state index is 15.5. The largest absolute Gasteiger partial charge is 0.365 e. The Kier molecular flexibility index (Phi) is 11.1. The number of piperazine rings is 1. The SMILES string of the molecule is CC(C)[C@H](NC(=O)CCN(C)C)c1cccc(F)c1N1CCN(C(=O)[C@@H]2CN(C(C)C)C[C@H]2c2ccc(F)c(Cl)c2)CC1. The van der Waals surface area contributed by atoms with Crippen molar-refractivity contribution < 1.29 is 18.4 Å². The molecule has 7 nitrogen and oxygen atoms in total. The molecular formula is C33H46ClF2N5O2. The molecule has 2 aliphatic rings. The van der Waals surface area contributed by atoms with E-state index in [0.717, 1.165) is 11.1 Å². The van der Waals surface area contributed by atoms with Gasteiger partial charge in [-0.3, -0.25) is 14.5 Å². The van der Waals surface area contributed by atoms with Gasteiger partial charge in [-0.1, -0.05) is 43.6 Å². The predicted molar refractivity (Wildman–Crippen MR) is 168 cm³/mol. The van der Waals surface area contributed by atoms with Crippen LogP contribution in [0.3, 0.4) is 0 Å². The van der Waals surface area contributed by atoms with E-state index in [2.05, 4.69) is 24.1 Å². The summed E-state index contributed by atoms with van der Waals surface area (Å²) >= 11 is 6.12. The van der Waals surface area contributed by atoms with Gasteiger partial charge in [0.05, 0.1) is 22.7 Å². The minimum atomic E-state index is -0.469. The fraction of sp³-hybridized carbons (Fsp3) is 0.576. The molecule has 2 heterocycles. The first-order valence-corrected chi connectivity index (χ1v) is 15.7. The van der Waals surface area contributed by atoms with Crippen LogP contribution in [0.15, 0.2) is 36.4 Å². The number of anilines is 1. The van der Waals surface area contributed by atoms with Gasteiger partial charge in [-0.15, -0.1) is 0 Å². The van der Waals surface area contributed by atoms with Crippen molar-refractivity contribution in [2.75, 3.05) is 64.8 Å². The van der Waals surface area contributed by atoms with Crippen LogP contribution in [0.2, 0.25) is 5.02 Å². The van der Waals surface area contributed by atoms with Crippen LogP contribution >= 0.6 is 11.6 Å². The number of carbonyl (C=O) groups excluding carboxylic acids is 2. The van der Waals surface area contributed by atoms with Crippen LogP contribution in [0, 0.1) is 23.5 Å². The molecule has 0 saturated carbocycles. The molecular weight excluding hydrogens is 572 g/mol. The first kappa shape index (κ1) is 33.1. The van der Waals surface area contributed by atoms with Gasteiger partial charge in [0.15, 0.2) is 0 Å². The Bertz CT molecular complexity index is 1280. The van der Waals surface area contributed by atoms with E-state index in [9.17, 15) is 14.0 Å². The molecule has 43 heavy (non-hydrogen) atoms. The zero-order valence-electron chi connectivity index (χ0n) is 26.2. The van der Waals surface area contributed by atoms with Crippen molar-refractivity contribution in [2.45, 2.75) is 52.1 Å². The molecule has 2 saturated heterocycles. The molecule has 4 rings (SSSR count). The fourth-order valence-electron chi connectivity index (χ4n) is 6.26. The highest BCUT2D eigenvalue weighted by molar-refractivity contribution is 6.30. The number of benzene rings is 2. The minimum absolute atomic E-state index is 0.0508. The van der Waals surface area contributed by atoms with Crippen LogP contribution in [-0.2, 0) is 9.59 Å². The zero-order valence-corrected chi connectivity index (χ0v) is 27.0. The molecule has 1 N–H and O–H groups in total. The Morgan fingerprint density at radius 3 is 2.30 bits per heavy atom. The van der Waals surface area contributed by atoms with Crippen molar-refractivity contribution in [3.63, 3.8) is 0 Å². The summed E-state index contributed by atoms with van der Waals surface area (Å²) in [5, 5.41) is 3.20. The monoisotopic (exact) mass is 617 g/mol. The lowest BCUT2D eigenvalue weighted by Gasteiger charge is -2.39. The third kappa shape index (κ3) is 7.86. The molecule has 2 fully saturated rings. The highest BCUT2D eigenvalue weighted by atomic mass is 35.5. The number of rotatable bonds is 10. The van der Waals surface area contributed by atoms with Gasteiger partial charge in [-0.05, 0) is 57.6 Å². The molecule has 2 amide bonds. The molecule has 0 unspecified atom stereocenters. The normalized spacial score (nSPS) is 20.4. The maximum atomic E-state index is 15.5. The summed E-state index contributed by atoms with van der Waals surface area (Å²) in [6, 6.07) is 9.72. The van der Waals surface area contributed by atoms with Crippen LogP contribution in [0.1, 0.15) is 57.2 Å². The molecule has 3 atom stereocenters. The summed E-state index contributed by atoms with van der Waals surface area (Å²) < 4.78 is 29.4. The Morgan fingerprint density at radius 2 is 1.70 bits per heavy atom. The Balaban J connectivity index is 1.50. The van der Waals surface area contributed by atoms with E-state index in [1.165, 1.54) is 12.1 Å². The third-order valence-electron chi connectivity index (χ3n) is 8.80. The lowest BCUT2D eigenvalue weighted by molar-refractivity contribution is -0.136. The maximum Gasteiger partial charge on any atom is 0.227 e. The van der Waals surface area contributed by atoms with Crippen LogP contribution < -0.4 is 10.2 Å². The van der Waals surface area contributed by atoms with Gasteiger partial charge in [0.2, 0.25) is 11.8 Å². The van der Waals surface area contributed by atoms with Crippen molar-refractivity contribution >= 4 is 29.1 Å². The van der Waals surface area contributed by atoms with Gasteiger partial charge < -0.3 is 20.0 Å². The molecule has 0 radical (unpaired) electrons. The Labute approximate surface area is 260 Å². The molecule has 0 aromatic heterocycles. The summed E-state index contributed by atoms with van der Waals surface area (Å²) in [6.45, 7) is 12.1. The second kappa shape index (κ2) is 14.4. The van der Waals surface area contributed by atoms with Gasteiger partial charge >= 0.3 is 0 Å². The van der Waals surface area contributed by atoms with Gasteiger partial charge in [0.25, 0.3) is 0 Å². The molecule has 0 spiro atoms. The van der Waals surface area contributed by atoms with Crippen molar-refractivity contribution in [3.8, 4) is 0 Å². The molecule has 2 aliphatic heterocycles. The van der Waals surface area contributed by atoms with Gasteiger partial charge in [0.1, 0.15) is 11.6 Å². The quantitative estimate of drug-likeness (QED) is 0.399. The summed E-state index contributed by atoms with van der Waals surface area (Å²) in [5.41, 5.74) is 2.12. The second-order valence-electron chi connectivity index (χ2n) is 12.8. The molecule has 236 valence electrons. The summed E-state index contributed by atoms with van der Waals surface area (Å²) in [5.74, 6) is -1.12. The number of likely N-dealkylation sites (tertiary alicyclic amines) is 1. The van der Waals surface area contributed by atoms with Crippen molar-refractivity contribution in [1.82, 2.24) is 20.0 Å². The second-order valence-corrected chi connectivity index (χ2v) is 13.2. The highest BCUT2D eigenvalue weighted by Gasteiger charge is 2.42. The minimum Gasteiger partial charge on any atom is -0.365 e. The van der Waals surface area contributed by atoms with Crippen molar-refractivity contribution in [2.24, 2.45) is 11.8 Å². The molecule has 0 aliphatic carbocycles. The topological polar surface area (TPSA) is 59.1 Å². The van der Waals surface area contributed by atoms with E-state index in [0.29, 0.717) is 57.9 Å². The standard InChI is InChI=1S/C33H46ClF2N5O2/c1-21(2)31(37-30(42)12-13-38(5)6)24-8-7-9-29(36)32(24)39-14-16-40(17-15-39)33(43)26-20-41(22(3)4)19-25(26)23-10-11-28(35)27(34)18-23/h7-11,18,21-22,25-26,31H,12-17,19-20H2,1-6H3,(H,37,42)/t25-,26+,31-/m0/s1. The number of halogens is 3. The van der Waals surface area contributed by atoms with E-state index in [1.807, 2.05) is 48.7 Å². The van der Waals surface area contributed by atoms with Gasteiger partial charge in [0, 0.05) is 69.8 Å². The summed E-state index contributed by atoms with van der Waals surface area (Å²) in [7, 11) is 3.85. The van der Waals surface area contributed by atoms with E-state index in [-0.39, 0.29) is 52.5 Å². The number of amides is 2. The lowest BCUT2D eigenvalue weighted by Crippen LogP contribution is -2.52. The molecule has 0 bridgehead atoms. The number of para-hydroxylation sites is 1. The average molecular weight is 618 g/mol. The van der Waals surface area contributed by atoms with Crippen LogP contribution in [0.25, 0.3) is 0 Å². The molecule has 2 aromatic rings. The van der Waals surface area contributed by atoms with Crippen molar-refractivity contribution in [3.05, 3.63) is 64.2 Å². The first-order chi connectivity index (χ1) is 20.4. The predicted octanol–water partition coefficient (Wildman–Crippen LogP) is 5.16. The van der Waals surface area contributed by atoms with E-state index < -0.39 is 5.82 Å². The fourth-order valence-corrected chi connectivity index (χ4v) is 6.45. The molecule has 10 heteroatoms. The highest BCUT2D eigenvalue weighted by Crippen LogP contribution is 2.38. The van der Waals surface area contributed by atoms with Crippen LogP contribution in [0.5, 0.6) is 0 Å².